The monoisotopic (exact) mass is 293 g/mol. The summed E-state index contributed by atoms with van der Waals surface area (Å²) in [5.41, 5.74) is 2.06. The normalized spacial score (nSPS) is 30.5. The number of hydrogen-bond donors (Lipinski definition) is 0. The first-order valence-corrected chi connectivity index (χ1v) is 7.54. The van der Waals surface area contributed by atoms with Crippen LogP contribution in [0.25, 0.3) is 5.57 Å². The van der Waals surface area contributed by atoms with Gasteiger partial charge < -0.3 is 0 Å². The van der Waals surface area contributed by atoms with Crippen molar-refractivity contribution in [2.75, 3.05) is 0 Å². The predicted molar refractivity (Wildman–Crippen MR) is 82.5 cm³/mol. The molecule has 6 rings (SSSR count). The van der Waals surface area contributed by atoms with Crippen molar-refractivity contribution >= 4 is 5.57 Å². The summed E-state index contributed by atoms with van der Waals surface area (Å²) < 4.78 is 4.48. The molecule has 1 aromatic heterocycles. The second kappa shape index (κ2) is 3.80. The molecule has 2 aromatic rings. The summed E-state index contributed by atoms with van der Waals surface area (Å²) in [5, 5.41) is 0. The molecule has 5 nitrogen and oxygen atoms in total. The molecule has 0 N–H and O–H groups in total. The van der Waals surface area contributed by atoms with Crippen LogP contribution in [0.4, 0.5) is 0 Å². The molecule has 2 aliphatic heterocycles. The average Bonchev–Trinajstić information content (AvgIpc) is 2.75. The molecule has 5 heteroatoms. The molecule has 4 atom stereocenters. The Morgan fingerprint density at radius 3 is 2.27 bits per heavy atom. The van der Waals surface area contributed by atoms with Crippen LogP contribution < -0.4 is 11.4 Å². The van der Waals surface area contributed by atoms with Crippen molar-refractivity contribution < 1.29 is 0 Å². The Balaban J connectivity index is 1.69. The Morgan fingerprint density at radius 1 is 0.909 bits per heavy atom. The summed E-state index contributed by atoms with van der Waals surface area (Å²) in [6, 6.07) is 10.2. The zero-order valence-electron chi connectivity index (χ0n) is 12.1. The fourth-order valence-corrected chi connectivity index (χ4v) is 4.22. The van der Waals surface area contributed by atoms with Crippen molar-refractivity contribution in [1.29, 1.82) is 0 Å². The zero-order valence-corrected chi connectivity index (χ0v) is 12.1. The summed E-state index contributed by atoms with van der Waals surface area (Å²) in [6.45, 7) is 0. The number of allylic oxidation sites excluding steroid dienone is 4. The maximum Gasteiger partial charge on any atom is 0.347 e. The largest absolute Gasteiger partial charge is 0.347 e. The van der Waals surface area contributed by atoms with E-state index in [1.54, 1.807) is 16.4 Å². The van der Waals surface area contributed by atoms with E-state index in [0.717, 1.165) is 0 Å². The fourth-order valence-electron chi connectivity index (χ4n) is 4.22. The lowest BCUT2D eigenvalue weighted by atomic mass is 9.62. The Hall–Kier alpha value is -2.56. The van der Waals surface area contributed by atoms with Crippen molar-refractivity contribution in [3.63, 3.8) is 0 Å². The van der Waals surface area contributed by atoms with Crippen LogP contribution in [-0.4, -0.2) is 13.9 Å². The Kier molecular flexibility index (Phi) is 2.08. The minimum atomic E-state index is -0.220. The molecule has 0 fully saturated rings. The van der Waals surface area contributed by atoms with Gasteiger partial charge in [-0.1, -0.05) is 48.6 Å². The number of aromatic nitrogens is 3. The Bertz CT molecular complexity index is 958. The quantitative estimate of drug-likeness (QED) is 0.745. The summed E-state index contributed by atoms with van der Waals surface area (Å²) in [7, 11) is 1.55. The van der Waals surface area contributed by atoms with E-state index < -0.39 is 0 Å². The molecule has 0 saturated carbocycles. The van der Waals surface area contributed by atoms with E-state index in [-0.39, 0.29) is 29.4 Å². The SMILES string of the molecule is Cn1c(=O)n2n(c1=O)[C@@H]1C=C[C@@H]2[C@H]2C=C(c3ccccc3)[C@@H]21. The average molecular weight is 293 g/mol. The van der Waals surface area contributed by atoms with Gasteiger partial charge in [0.05, 0.1) is 12.1 Å². The van der Waals surface area contributed by atoms with Gasteiger partial charge in [0.1, 0.15) is 0 Å². The Labute approximate surface area is 126 Å². The first kappa shape index (κ1) is 12.0. The van der Waals surface area contributed by atoms with Crippen molar-refractivity contribution in [3.8, 4) is 0 Å². The van der Waals surface area contributed by atoms with Crippen molar-refractivity contribution in [1.82, 2.24) is 13.9 Å². The van der Waals surface area contributed by atoms with E-state index in [1.807, 2.05) is 18.2 Å². The minimum Gasteiger partial charge on any atom is -0.246 e. The first-order valence-electron chi connectivity index (χ1n) is 7.54. The summed E-state index contributed by atoms with van der Waals surface area (Å²) >= 11 is 0. The highest BCUT2D eigenvalue weighted by molar-refractivity contribution is 5.75. The molecular formula is C17H15N3O2. The van der Waals surface area contributed by atoms with Gasteiger partial charge in [-0.15, -0.1) is 0 Å². The fraction of sp³-hybridized carbons (Fsp3) is 0.294. The van der Waals surface area contributed by atoms with Gasteiger partial charge >= 0.3 is 11.4 Å². The van der Waals surface area contributed by atoms with Crippen molar-refractivity contribution in [2.24, 2.45) is 18.9 Å². The molecule has 0 unspecified atom stereocenters. The zero-order chi connectivity index (χ0) is 15.0. The van der Waals surface area contributed by atoms with E-state index in [9.17, 15) is 9.59 Å². The second-order valence-corrected chi connectivity index (χ2v) is 6.27. The smallest absolute Gasteiger partial charge is 0.246 e. The van der Waals surface area contributed by atoms with E-state index >= 15 is 0 Å². The molecule has 2 aliphatic carbocycles. The van der Waals surface area contributed by atoms with Gasteiger partial charge in [-0.05, 0) is 11.1 Å². The van der Waals surface area contributed by atoms with E-state index in [2.05, 4.69) is 30.4 Å². The third-order valence-electron chi connectivity index (χ3n) is 5.28. The molecule has 0 radical (unpaired) electrons. The number of rotatable bonds is 1. The molecular weight excluding hydrogens is 278 g/mol. The molecule has 3 heterocycles. The number of benzene rings is 1. The number of nitrogens with zero attached hydrogens (tertiary/aromatic N) is 3. The molecule has 4 aliphatic rings. The first-order chi connectivity index (χ1) is 10.7. The molecule has 0 amide bonds. The topological polar surface area (TPSA) is 48.9 Å². The van der Waals surface area contributed by atoms with Crippen LogP contribution in [-0.2, 0) is 7.05 Å². The lowest BCUT2D eigenvalue weighted by Crippen LogP contribution is -2.51. The third-order valence-corrected chi connectivity index (χ3v) is 5.28. The lowest BCUT2D eigenvalue weighted by molar-refractivity contribution is 0.147. The predicted octanol–water partition coefficient (Wildman–Crippen LogP) is 1.34. The van der Waals surface area contributed by atoms with Gasteiger partial charge in [0.15, 0.2) is 0 Å². The van der Waals surface area contributed by atoms with Gasteiger partial charge in [0, 0.05) is 18.9 Å². The Morgan fingerprint density at radius 2 is 1.55 bits per heavy atom. The molecule has 0 spiro atoms. The van der Waals surface area contributed by atoms with Crippen LogP contribution in [0, 0.1) is 11.8 Å². The number of hydrogen-bond acceptors (Lipinski definition) is 2. The van der Waals surface area contributed by atoms with Crippen LogP contribution in [0.5, 0.6) is 0 Å². The van der Waals surface area contributed by atoms with Gasteiger partial charge in [-0.3, -0.25) is 0 Å². The van der Waals surface area contributed by atoms with Crippen LogP contribution in [0.2, 0.25) is 0 Å². The summed E-state index contributed by atoms with van der Waals surface area (Å²) in [6.07, 6.45) is 6.42. The minimum absolute atomic E-state index is 0.0381. The van der Waals surface area contributed by atoms with Crippen LogP contribution in [0.3, 0.4) is 0 Å². The summed E-state index contributed by atoms with van der Waals surface area (Å²) in [4.78, 5) is 24.7. The van der Waals surface area contributed by atoms with E-state index in [1.165, 1.54) is 15.7 Å². The highest BCUT2D eigenvalue weighted by Gasteiger charge is 2.51. The third kappa shape index (κ3) is 1.21. The maximum absolute atomic E-state index is 12.4. The molecule has 1 aromatic carbocycles. The second-order valence-electron chi connectivity index (χ2n) is 6.27. The molecule has 0 saturated heterocycles. The van der Waals surface area contributed by atoms with Gasteiger partial charge in [0.2, 0.25) is 0 Å². The highest BCUT2D eigenvalue weighted by Crippen LogP contribution is 2.56. The van der Waals surface area contributed by atoms with E-state index in [0.29, 0.717) is 5.92 Å². The van der Waals surface area contributed by atoms with Crippen LogP contribution in [0.15, 0.2) is 58.1 Å². The maximum atomic E-state index is 12.4. The lowest BCUT2D eigenvalue weighted by Gasteiger charge is -2.51. The molecule has 2 bridgehead atoms. The molecule has 110 valence electrons. The van der Waals surface area contributed by atoms with Gasteiger partial charge in [0.25, 0.3) is 0 Å². The van der Waals surface area contributed by atoms with E-state index in [4.69, 9.17) is 0 Å². The summed E-state index contributed by atoms with van der Waals surface area (Å²) in [5.74, 6) is 0.599. The van der Waals surface area contributed by atoms with Gasteiger partial charge in [-0.2, -0.15) is 0 Å². The van der Waals surface area contributed by atoms with Crippen LogP contribution >= 0.6 is 0 Å². The van der Waals surface area contributed by atoms with Crippen molar-refractivity contribution in [2.45, 2.75) is 12.1 Å². The standard InChI is InChI=1S/C17H15N3O2/c1-18-16(21)19-13-7-8-14(20(19)17(18)22)15-11(9-12(13)15)10-5-3-2-4-6-10/h2-9,12-15H,1H3/t12-,13-,14-,15+/m1/s1. The highest BCUT2D eigenvalue weighted by atomic mass is 16.2. The van der Waals surface area contributed by atoms with Crippen molar-refractivity contribution in [3.05, 3.63) is 75.1 Å². The molecule has 22 heavy (non-hydrogen) atoms. The van der Waals surface area contributed by atoms with Crippen LogP contribution in [0.1, 0.15) is 17.6 Å². The van der Waals surface area contributed by atoms with Gasteiger partial charge in [-0.25, -0.2) is 23.5 Å².